The third-order valence-corrected chi connectivity index (χ3v) is 7.61. The van der Waals surface area contributed by atoms with Crippen molar-refractivity contribution in [3.05, 3.63) is 65.3 Å². The number of pyridine rings is 1. The Hall–Kier alpha value is -1.27. The molecule has 0 N–H and O–H groups in total. The van der Waals surface area contributed by atoms with Crippen molar-refractivity contribution in [1.29, 1.82) is 0 Å². The molecule has 2 aliphatic heterocycles. The van der Waals surface area contributed by atoms with Crippen LogP contribution in [0.2, 0.25) is 0 Å². The van der Waals surface area contributed by atoms with Gasteiger partial charge in [-0.1, -0.05) is 35.2 Å². The fraction of sp³-hybridized carbons (Fsp3) is 0.440. The number of ether oxygens (including phenoxy) is 1. The number of hydrogen-bond donors (Lipinski definition) is 0. The van der Waals surface area contributed by atoms with Gasteiger partial charge in [0.1, 0.15) is 11.6 Å². The Balaban J connectivity index is 1.74. The molecule has 0 radical (unpaired) electrons. The molecule has 0 spiro atoms. The predicted molar refractivity (Wildman–Crippen MR) is 157 cm³/mol. The Bertz CT molecular complexity index is 1150. The molecule has 0 saturated carbocycles. The smallest absolute Gasteiger partial charge is 0.147 e. The summed E-state index contributed by atoms with van der Waals surface area (Å²) in [6, 6.07) is 2.22. The molecule has 2 aromatic rings. The minimum Gasteiger partial charge on any atom is -0.375 e. The minimum atomic E-state index is -0.136. The van der Waals surface area contributed by atoms with Crippen LogP contribution in [0.5, 0.6) is 0 Å². The number of aryl methyl sites for hydroxylation is 1. The van der Waals surface area contributed by atoms with E-state index in [1.54, 1.807) is 0 Å². The number of halogens is 1. The monoisotopic (exact) mass is 609 g/mol. The normalized spacial score (nSPS) is 20.8. The number of morpholine rings is 1. The second-order valence-electron chi connectivity index (χ2n) is 9.21. The molecule has 34 heavy (non-hydrogen) atoms. The molecule has 2 aliphatic rings. The first-order valence-electron chi connectivity index (χ1n) is 11.6. The molecular formula is C25H34IN5OP2. The standard InChI is InChI=1S/C25H34IN5OP2/c1-6-30-15-19(12-27-30)10-20-9-16(2)13-31(18(20)4)24-23(33)21(25(5,26)34)11-22(28-24)29-7-8-32-17(3)14-29/h9,11-13,15,17H,4,6-8,10,14,33-34H2,1-3,5H3/t17-,25?/m1/s1. The summed E-state index contributed by atoms with van der Waals surface area (Å²) >= 11 is 2.48. The van der Waals surface area contributed by atoms with E-state index < -0.39 is 0 Å². The number of aromatic nitrogens is 3. The third-order valence-electron chi connectivity index (χ3n) is 6.15. The van der Waals surface area contributed by atoms with Crippen molar-refractivity contribution in [2.45, 2.75) is 49.9 Å². The van der Waals surface area contributed by atoms with Crippen molar-refractivity contribution in [1.82, 2.24) is 14.8 Å². The van der Waals surface area contributed by atoms with Crippen LogP contribution in [0, 0.1) is 0 Å². The van der Waals surface area contributed by atoms with Crippen molar-refractivity contribution in [3.8, 4) is 0 Å². The van der Waals surface area contributed by atoms with Crippen molar-refractivity contribution in [3.63, 3.8) is 0 Å². The van der Waals surface area contributed by atoms with Crippen LogP contribution in [0.15, 0.2) is 54.2 Å². The Kier molecular flexibility index (Phi) is 7.88. The zero-order chi connectivity index (χ0) is 24.6. The molecule has 4 atom stereocenters. The summed E-state index contributed by atoms with van der Waals surface area (Å²) in [6.45, 7) is 16.3. The summed E-state index contributed by atoms with van der Waals surface area (Å²) in [6.07, 6.45) is 9.39. The molecule has 9 heteroatoms. The van der Waals surface area contributed by atoms with Crippen molar-refractivity contribution in [2.75, 3.05) is 29.5 Å². The number of allylic oxidation sites excluding steroid dienone is 3. The van der Waals surface area contributed by atoms with E-state index in [4.69, 9.17) is 9.72 Å². The van der Waals surface area contributed by atoms with Gasteiger partial charge in [-0.25, -0.2) is 4.98 Å². The molecule has 182 valence electrons. The maximum absolute atomic E-state index is 5.78. The lowest BCUT2D eigenvalue weighted by atomic mass is 9.99. The molecule has 0 amide bonds. The zero-order valence-corrected chi connectivity index (χ0v) is 24.9. The maximum Gasteiger partial charge on any atom is 0.147 e. The highest BCUT2D eigenvalue weighted by atomic mass is 127. The summed E-state index contributed by atoms with van der Waals surface area (Å²) in [5, 5.41) is 5.53. The first kappa shape index (κ1) is 25.8. The summed E-state index contributed by atoms with van der Waals surface area (Å²) < 4.78 is 7.61. The molecule has 4 heterocycles. The molecule has 2 aromatic heterocycles. The highest BCUT2D eigenvalue weighted by Gasteiger charge is 2.29. The van der Waals surface area contributed by atoms with Crippen LogP contribution in [0.25, 0.3) is 0 Å². The molecule has 1 fully saturated rings. The highest BCUT2D eigenvalue weighted by molar-refractivity contribution is 14.1. The molecule has 0 bridgehead atoms. The van der Waals surface area contributed by atoms with Gasteiger partial charge in [0.15, 0.2) is 0 Å². The SMILES string of the molecule is C=C1C(Cc2cnn(CC)c2)=CC(C)=CN1c1nc(N2CCO[C@H](C)C2)cc(C(C)(P)I)c1P. The largest absolute Gasteiger partial charge is 0.375 e. The molecule has 1 saturated heterocycles. The van der Waals surface area contributed by atoms with E-state index >= 15 is 0 Å². The van der Waals surface area contributed by atoms with Crippen LogP contribution in [0.3, 0.4) is 0 Å². The topological polar surface area (TPSA) is 46.4 Å². The van der Waals surface area contributed by atoms with Crippen LogP contribution in [-0.4, -0.2) is 40.6 Å². The second-order valence-corrected chi connectivity index (χ2v) is 14.4. The van der Waals surface area contributed by atoms with Gasteiger partial charge in [0.25, 0.3) is 0 Å². The fourth-order valence-corrected chi connectivity index (χ4v) is 6.10. The van der Waals surface area contributed by atoms with Gasteiger partial charge in [-0.15, -0.1) is 18.5 Å². The van der Waals surface area contributed by atoms with Gasteiger partial charge in [-0.2, -0.15) is 5.10 Å². The summed E-state index contributed by atoms with van der Waals surface area (Å²) in [5.41, 5.74) is 5.71. The van der Waals surface area contributed by atoms with Crippen molar-refractivity contribution < 1.29 is 4.74 Å². The predicted octanol–water partition coefficient (Wildman–Crippen LogP) is 4.91. The van der Waals surface area contributed by atoms with E-state index in [1.165, 1.54) is 22.3 Å². The molecule has 6 nitrogen and oxygen atoms in total. The van der Waals surface area contributed by atoms with Gasteiger partial charge >= 0.3 is 0 Å². The van der Waals surface area contributed by atoms with Crippen LogP contribution >= 0.6 is 41.1 Å². The fourth-order valence-electron chi connectivity index (χ4n) is 4.37. The lowest BCUT2D eigenvalue weighted by molar-refractivity contribution is 0.0529. The summed E-state index contributed by atoms with van der Waals surface area (Å²) in [7, 11) is 5.91. The Labute approximate surface area is 221 Å². The lowest BCUT2D eigenvalue weighted by Crippen LogP contribution is -2.42. The lowest BCUT2D eigenvalue weighted by Gasteiger charge is -2.35. The maximum atomic E-state index is 5.78. The van der Waals surface area contributed by atoms with E-state index in [2.05, 4.69) is 115 Å². The van der Waals surface area contributed by atoms with Gasteiger partial charge in [0.2, 0.25) is 0 Å². The average Bonchev–Trinajstić information content (AvgIpc) is 3.23. The van der Waals surface area contributed by atoms with Gasteiger partial charge < -0.3 is 14.5 Å². The first-order valence-corrected chi connectivity index (χ1v) is 13.8. The third kappa shape index (κ3) is 5.59. The molecule has 0 aromatic carbocycles. The van der Waals surface area contributed by atoms with Crippen LogP contribution in [0.1, 0.15) is 38.8 Å². The molecule has 3 unspecified atom stereocenters. The Morgan fingerprint density at radius 1 is 1.38 bits per heavy atom. The number of alkyl halides is 1. The van der Waals surface area contributed by atoms with E-state index in [0.717, 1.165) is 48.7 Å². The van der Waals surface area contributed by atoms with Crippen LogP contribution < -0.4 is 15.1 Å². The number of rotatable bonds is 6. The van der Waals surface area contributed by atoms with Gasteiger partial charge in [0.05, 0.1) is 22.1 Å². The van der Waals surface area contributed by atoms with Crippen molar-refractivity contribution >= 4 is 58.0 Å². The van der Waals surface area contributed by atoms with E-state index in [0.29, 0.717) is 6.61 Å². The average molecular weight is 609 g/mol. The zero-order valence-electron chi connectivity index (χ0n) is 20.4. The molecule has 4 rings (SSSR count). The van der Waals surface area contributed by atoms with E-state index in [1.807, 2.05) is 10.9 Å². The number of anilines is 2. The van der Waals surface area contributed by atoms with Crippen molar-refractivity contribution in [2.24, 2.45) is 0 Å². The van der Waals surface area contributed by atoms with Gasteiger partial charge in [-0.3, -0.25) is 4.68 Å². The molecular weight excluding hydrogens is 575 g/mol. The summed E-state index contributed by atoms with van der Waals surface area (Å²) in [4.78, 5) is 9.67. The van der Waals surface area contributed by atoms with Gasteiger partial charge in [0, 0.05) is 49.5 Å². The number of hydrogen-bond acceptors (Lipinski definition) is 5. The first-order chi connectivity index (χ1) is 16.1. The van der Waals surface area contributed by atoms with E-state index in [9.17, 15) is 0 Å². The number of nitrogens with zero attached hydrogens (tertiary/aromatic N) is 5. The summed E-state index contributed by atoms with van der Waals surface area (Å²) in [5.74, 6) is 1.89. The molecule has 0 aliphatic carbocycles. The van der Waals surface area contributed by atoms with Crippen LogP contribution in [-0.2, 0) is 20.9 Å². The van der Waals surface area contributed by atoms with Crippen LogP contribution in [0.4, 0.5) is 11.6 Å². The Morgan fingerprint density at radius 3 is 2.79 bits per heavy atom. The van der Waals surface area contributed by atoms with E-state index in [-0.39, 0.29) is 9.27 Å². The minimum absolute atomic E-state index is 0.136. The quantitative estimate of drug-likeness (QED) is 0.265. The van der Waals surface area contributed by atoms with Gasteiger partial charge in [-0.05, 0) is 56.0 Å². The Morgan fingerprint density at radius 2 is 2.15 bits per heavy atom. The second kappa shape index (κ2) is 10.4. The highest BCUT2D eigenvalue weighted by Crippen LogP contribution is 2.41.